The van der Waals surface area contributed by atoms with E-state index in [1.54, 1.807) is 0 Å². The van der Waals surface area contributed by atoms with Crippen LogP contribution in [-0.4, -0.2) is 89.6 Å². The average Bonchev–Trinajstić information content (AvgIpc) is 2.90. The SMILES string of the molecule is CCCCCCCCCCCCCCOCC(COC1OC(CO)C(O)C(O)C1O)OC(=O)CCCC. The third-order valence-corrected chi connectivity index (χ3v) is 6.77. The number of hydrogen-bond acceptors (Lipinski definition) is 9. The Bertz CT molecular complexity index is 546. The lowest BCUT2D eigenvalue weighted by molar-refractivity contribution is -0.305. The summed E-state index contributed by atoms with van der Waals surface area (Å²) in [5, 5.41) is 39.3. The third kappa shape index (κ3) is 15.4. The number of ether oxygens (including phenoxy) is 4. The van der Waals surface area contributed by atoms with Gasteiger partial charge in [0, 0.05) is 13.0 Å². The normalized spacial score (nSPS) is 24.8. The van der Waals surface area contributed by atoms with Gasteiger partial charge < -0.3 is 39.4 Å². The van der Waals surface area contributed by atoms with Gasteiger partial charge in [-0.25, -0.2) is 0 Å². The minimum Gasteiger partial charge on any atom is -0.457 e. The highest BCUT2D eigenvalue weighted by Gasteiger charge is 2.44. The molecule has 1 heterocycles. The van der Waals surface area contributed by atoms with Crippen molar-refractivity contribution in [2.75, 3.05) is 26.4 Å². The molecular formula is C28H54O9. The smallest absolute Gasteiger partial charge is 0.306 e. The molecule has 0 amide bonds. The van der Waals surface area contributed by atoms with E-state index in [0.717, 1.165) is 25.7 Å². The van der Waals surface area contributed by atoms with Crippen molar-refractivity contribution in [1.82, 2.24) is 0 Å². The van der Waals surface area contributed by atoms with E-state index in [2.05, 4.69) is 6.92 Å². The van der Waals surface area contributed by atoms with Crippen molar-refractivity contribution in [2.24, 2.45) is 0 Å². The Kier molecular flexibility index (Phi) is 20.4. The van der Waals surface area contributed by atoms with E-state index < -0.39 is 43.4 Å². The van der Waals surface area contributed by atoms with Crippen LogP contribution in [0.5, 0.6) is 0 Å². The van der Waals surface area contributed by atoms with Crippen molar-refractivity contribution in [2.45, 2.75) is 147 Å². The molecule has 1 aliphatic rings. The minimum absolute atomic E-state index is 0.112. The van der Waals surface area contributed by atoms with Gasteiger partial charge in [-0.2, -0.15) is 0 Å². The average molecular weight is 535 g/mol. The monoisotopic (exact) mass is 534 g/mol. The van der Waals surface area contributed by atoms with Gasteiger partial charge in [0.05, 0.1) is 19.8 Å². The summed E-state index contributed by atoms with van der Waals surface area (Å²) >= 11 is 0. The molecule has 0 radical (unpaired) electrons. The zero-order chi connectivity index (χ0) is 27.3. The van der Waals surface area contributed by atoms with Crippen molar-refractivity contribution < 1.29 is 44.2 Å². The number of rotatable bonds is 23. The Hall–Kier alpha value is -0.810. The highest BCUT2D eigenvalue weighted by atomic mass is 16.7. The zero-order valence-electron chi connectivity index (χ0n) is 23.2. The van der Waals surface area contributed by atoms with E-state index >= 15 is 0 Å². The van der Waals surface area contributed by atoms with E-state index in [0.29, 0.717) is 13.0 Å². The predicted molar refractivity (Wildman–Crippen MR) is 141 cm³/mol. The Balaban J connectivity index is 2.28. The van der Waals surface area contributed by atoms with Gasteiger partial charge in [-0.3, -0.25) is 4.79 Å². The Morgan fingerprint density at radius 1 is 0.757 bits per heavy atom. The molecule has 4 N–H and O–H groups in total. The molecule has 37 heavy (non-hydrogen) atoms. The first-order valence-corrected chi connectivity index (χ1v) is 14.6. The number of carbonyl (C=O) groups excluding carboxylic acids is 1. The first-order valence-electron chi connectivity index (χ1n) is 14.6. The summed E-state index contributed by atoms with van der Waals surface area (Å²) in [6.45, 7) is 4.29. The summed E-state index contributed by atoms with van der Waals surface area (Å²) in [4.78, 5) is 12.1. The van der Waals surface area contributed by atoms with Gasteiger partial charge in [-0.1, -0.05) is 90.9 Å². The van der Waals surface area contributed by atoms with Crippen LogP contribution in [0.2, 0.25) is 0 Å². The van der Waals surface area contributed by atoms with Gasteiger partial charge in [0.15, 0.2) is 6.29 Å². The summed E-state index contributed by atoms with van der Waals surface area (Å²) < 4.78 is 22.2. The summed E-state index contributed by atoms with van der Waals surface area (Å²) in [5.74, 6) is -0.349. The van der Waals surface area contributed by atoms with Crippen LogP contribution >= 0.6 is 0 Å². The van der Waals surface area contributed by atoms with Crippen LogP contribution in [0.3, 0.4) is 0 Å². The fourth-order valence-corrected chi connectivity index (χ4v) is 4.35. The molecule has 0 aliphatic carbocycles. The van der Waals surface area contributed by atoms with Gasteiger partial charge in [-0.05, 0) is 12.8 Å². The molecule has 1 saturated heterocycles. The summed E-state index contributed by atoms with van der Waals surface area (Å²) in [6.07, 6.45) is 9.55. The molecule has 1 fully saturated rings. The lowest BCUT2D eigenvalue weighted by Crippen LogP contribution is -2.59. The number of carbonyl (C=O) groups is 1. The molecular weight excluding hydrogens is 480 g/mol. The lowest BCUT2D eigenvalue weighted by atomic mass is 9.99. The van der Waals surface area contributed by atoms with Gasteiger partial charge >= 0.3 is 5.97 Å². The maximum Gasteiger partial charge on any atom is 0.306 e. The van der Waals surface area contributed by atoms with Crippen LogP contribution in [0.4, 0.5) is 0 Å². The second-order valence-corrected chi connectivity index (χ2v) is 10.2. The van der Waals surface area contributed by atoms with E-state index in [-0.39, 0.29) is 19.2 Å². The fraction of sp³-hybridized carbons (Fsp3) is 0.964. The highest BCUT2D eigenvalue weighted by molar-refractivity contribution is 5.69. The molecule has 0 spiro atoms. The van der Waals surface area contributed by atoms with Crippen LogP contribution in [0.1, 0.15) is 110 Å². The molecule has 9 heteroatoms. The number of aliphatic hydroxyl groups excluding tert-OH is 4. The Morgan fingerprint density at radius 3 is 1.89 bits per heavy atom. The molecule has 0 aromatic heterocycles. The fourth-order valence-electron chi connectivity index (χ4n) is 4.35. The van der Waals surface area contributed by atoms with Gasteiger partial charge in [-0.15, -0.1) is 0 Å². The Morgan fingerprint density at radius 2 is 1.32 bits per heavy atom. The first kappa shape index (κ1) is 34.2. The van der Waals surface area contributed by atoms with E-state index in [4.69, 9.17) is 18.9 Å². The summed E-state index contributed by atoms with van der Waals surface area (Å²) in [7, 11) is 0. The molecule has 1 aliphatic heterocycles. The quantitative estimate of drug-likeness (QED) is 0.114. The third-order valence-electron chi connectivity index (χ3n) is 6.77. The summed E-state index contributed by atoms with van der Waals surface area (Å²) in [6, 6.07) is 0. The van der Waals surface area contributed by atoms with E-state index in [1.165, 1.54) is 64.2 Å². The van der Waals surface area contributed by atoms with Crippen LogP contribution in [0.25, 0.3) is 0 Å². The maximum atomic E-state index is 12.1. The van der Waals surface area contributed by atoms with Gasteiger partial charge in [0.25, 0.3) is 0 Å². The van der Waals surface area contributed by atoms with Crippen LogP contribution in [0.15, 0.2) is 0 Å². The highest BCUT2D eigenvalue weighted by Crippen LogP contribution is 2.22. The number of unbranched alkanes of at least 4 members (excludes halogenated alkanes) is 12. The van der Waals surface area contributed by atoms with Crippen LogP contribution in [-0.2, 0) is 23.7 Å². The molecule has 6 unspecified atom stereocenters. The topological polar surface area (TPSA) is 135 Å². The molecule has 0 aromatic carbocycles. The Labute approximate surface area is 223 Å². The van der Waals surface area contributed by atoms with Crippen LogP contribution in [0, 0.1) is 0 Å². The molecule has 9 nitrogen and oxygen atoms in total. The maximum absolute atomic E-state index is 12.1. The van der Waals surface area contributed by atoms with Crippen molar-refractivity contribution in [3.8, 4) is 0 Å². The number of esters is 1. The van der Waals surface area contributed by atoms with E-state index in [9.17, 15) is 25.2 Å². The van der Waals surface area contributed by atoms with Crippen molar-refractivity contribution >= 4 is 5.97 Å². The second kappa shape index (κ2) is 22.1. The molecule has 0 saturated carbocycles. The van der Waals surface area contributed by atoms with Crippen molar-refractivity contribution in [1.29, 1.82) is 0 Å². The van der Waals surface area contributed by atoms with Crippen molar-refractivity contribution in [3.63, 3.8) is 0 Å². The second-order valence-electron chi connectivity index (χ2n) is 10.2. The molecule has 0 bridgehead atoms. The predicted octanol–water partition coefficient (Wildman–Crippen LogP) is 3.62. The minimum atomic E-state index is -1.52. The van der Waals surface area contributed by atoms with Crippen molar-refractivity contribution in [3.05, 3.63) is 0 Å². The number of hydrogen-bond donors (Lipinski definition) is 4. The molecule has 6 atom stereocenters. The molecule has 220 valence electrons. The largest absolute Gasteiger partial charge is 0.457 e. The molecule has 1 rings (SSSR count). The van der Waals surface area contributed by atoms with E-state index in [1.807, 2.05) is 6.92 Å². The lowest BCUT2D eigenvalue weighted by Gasteiger charge is -2.39. The van der Waals surface area contributed by atoms with Crippen LogP contribution < -0.4 is 0 Å². The first-order chi connectivity index (χ1) is 17.9. The standard InChI is InChI=1S/C28H54O9/c1-3-5-7-8-9-10-11-12-13-14-15-16-18-34-20-22(36-24(30)17-6-4-2)21-35-28-27(33)26(32)25(31)23(19-29)37-28/h22-23,25-29,31-33H,3-21H2,1-2H3. The molecule has 0 aromatic rings. The van der Waals surface area contributed by atoms with Gasteiger partial charge in [0.2, 0.25) is 0 Å². The van der Waals surface area contributed by atoms with Gasteiger partial charge in [0.1, 0.15) is 30.5 Å². The number of aliphatic hydroxyl groups is 4. The summed E-state index contributed by atoms with van der Waals surface area (Å²) in [5.41, 5.74) is 0. The zero-order valence-corrected chi connectivity index (χ0v) is 23.2.